The number of hydrogen-bond acceptors (Lipinski definition) is 4. The molecule has 0 unspecified atom stereocenters. The molecule has 0 radical (unpaired) electrons. The monoisotopic (exact) mass is 316 g/mol. The summed E-state index contributed by atoms with van der Waals surface area (Å²) < 4.78 is 18.2. The van der Waals surface area contributed by atoms with Crippen LogP contribution in [0.2, 0.25) is 0 Å². The van der Waals surface area contributed by atoms with E-state index >= 15 is 0 Å². The van der Waals surface area contributed by atoms with Gasteiger partial charge in [-0.1, -0.05) is 12.1 Å². The lowest BCUT2D eigenvalue weighted by Crippen LogP contribution is -2.29. The van der Waals surface area contributed by atoms with Crippen molar-refractivity contribution in [3.63, 3.8) is 0 Å². The Morgan fingerprint density at radius 2 is 1.73 bits per heavy atom. The first-order chi connectivity index (χ1) is 10.6. The number of phenols is 2. The molecule has 2 aromatic carbocycles. The van der Waals surface area contributed by atoms with E-state index in [0.29, 0.717) is 11.5 Å². The zero-order valence-electron chi connectivity index (χ0n) is 11.8. The van der Waals surface area contributed by atoms with Crippen LogP contribution in [0, 0.1) is 5.92 Å². The highest BCUT2D eigenvalue weighted by Crippen LogP contribution is 2.50. The Hall–Kier alpha value is -2.01. The molecule has 2 aromatic rings. The molecular weight excluding hydrogens is 300 g/mol. The van der Waals surface area contributed by atoms with Crippen molar-refractivity contribution in [2.45, 2.75) is 12.0 Å². The number of benzene rings is 2. The highest BCUT2D eigenvalue weighted by atomic mass is 32.2. The number of ether oxygens (including phenoxy) is 1. The summed E-state index contributed by atoms with van der Waals surface area (Å²) in [5, 5.41) is 19.2. The highest BCUT2D eigenvalue weighted by molar-refractivity contribution is 7.85. The maximum absolute atomic E-state index is 12.1. The molecule has 0 saturated carbocycles. The summed E-state index contributed by atoms with van der Waals surface area (Å²) in [5.41, 5.74) is 1.93. The molecule has 0 amide bonds. The molecule has 0 bridgehead atoms. The van der Waals surface area contributed by atoms with E-state index in [0.717, 1.165) is 16.9 Å². The molecule has 114 valence electrons. The van der Waals surface area contributed by atoms with Gasteiger partial charge in [-0.3, -0.25) is 4.21 Å². The molecule has 4 atom stereocenters. The number of hydrogen-bond donors (Lipinski definition) is 2. The molecule has 0 aliphatic carbocycles. The molecule has 5 heteroatoms. The fourth-order valence-corrected chi connectivity index (χ4v) is 5.28. The zero-order chi connectivity index (χ0) is 15.3. The molecule has 22 heavy (non-hydrogen) atoms. The largest absolute Gasteiger partial charge is 0.508 e. The molecule has 2 aliphatic rings. The summed E-state index contributed by atoms with van der Waals surface area (Å²) in [6.07, 6.45) is -0.172. The third kappa shape index (κ3) is 2.16. The highest BCUT2D eigenvalue weighted by Gasteiger charge is 2.45. The SMILES string of the molecule is O=[S@]1C[C@@H]2[C@H](C1)c1cc(O)ccc1O[C@@H]2c1ccc(O)cc1. The van der Waals surface area contributed by atoms with Gasteiger partial charge in [0.2, 0.25) is 0 Å². The summed E-state index contributed by atoms with van der Waals surface area (Å²) in [5.74, 6) is 2.65. The fraction of sp³-hybridized carbons (Fsp3) is 0.294. The average molecular weight is 316 g/mol. The van der Waals surface area contributed by atoms with E-state index in [9.17, 15) is 14.4 Å². The quantitative estimate of drug-likeness (QED) is 0.849. The van der Waals surface area contributed by atoms with Crippen LogP contribution in [0.3, 0.4) is 0 Å². The Kier molecular flexibility index (Phi) is 3.11. The van der Waals surface area contributed by atoms with Crippen molar-refractivity contribution in [3.8, 4) is 17.2 Å². The van der Waals surface area contributed by atoms with Gasteiger partial charge < -0.3 is 14.9 Å². The van der Waals surface area contributed by atoms with Crippen molar-refractivity contribution >= 4 is 10.8 Å². The van der Waals surface area contributed by atoms with Crippen LogP contribution in [0.4, 0.5) is 0 Å². The van der Waals surface area contributed by atoms with Crippen LogP contribution in [0.15, 0.2) is 42.5 Å². The van der Waals surface area contributed by atoms with Crippen molar-refractivity contribution in [1.29, 1.82) is 0 Å². The van der Waals surface area contributed by atoms with Gasteiger partial charge in [-0.25, -0.2) is 0 Å². The lowest BCUT2D eigenvalue weighted by molar-refractivity contribution is 0.114. The average Bonchev–Trinajstić information content (AvgIpc) is 2.89. The molecule has 4 rings (SSSR count). The molecule has 2 aliphatic heterocycles. The topological polar surface area (TPSA) is 66.8 Å². The zero-order valence-corrected chi connectivity index (χ0v) is 12.6. The van der Waals surface area contributed by atoms with Crippen LogP contribution >= 0.6 is 0 Å². The number of aromatic hydroxyl groups is 2. The fourth-order valence-electron chi connectivity index (χ4n) is 3.48. The second kappa shape index (κ2) is 5.02. The van der Waals surface area contributed by atoms with Gasteiger partial charge >= 0.3 is 0 Å². The second-order valence-corrected chi connectivity index (χ2v) is 7.44. The van der Waals surface area contributed by atoms with Crippen molar-refractivity contribution < 1.29 is 19.2 Å². The Morgan fingerprint density at radius 3 is 2.50 bits per heavy atom. The van der Waals surface area contributed by atoms with Gasteiger partial charge in [0.25, 0.3) is 0 Å². The Bertz CT molecular complexity index is 741. The summed E-state index contributed by atoms with van der Waals surface area (Å²) in [4.78, 5) is 0. The van der Waals surface area contributed by atoms with E-state index in [-0.39, 0.29) is 29.4 Å². The first-order valence-corrected chi connectivity index (χ1v) is 8.74. The van der Waals surface area contributed by atoms with Crippen LogP contribution in [-0.4, -0.2) is 25.9 Å². The maximum atomic E-state index is 12.1. The van der Waals surface area contributed by atoms with Gasteiger partial charge in [-0.2, -0.15) is 0 Å². The standard InChI is InChI=1S/C17H16O4S/c18-11-3-1-10(2-4-11)17-15-9-22(20)8-14(15)13-7-12(19)5-6-16(13)21-17/h1-7,14-15,17-19H,8-9H2/t14-,15-,17-,22-/m1/s1. The van der Waals surface area contributed by atoms with E-state index in [1.54, 1.807) is 30.3 Å². The van der Waals surface area contributed by atoms with E-state index in [4.69, 9.17) is 4.74 Å². The van der Waals surface area contributed by atoms with Crippen LogP contribution < -0.4 is 4.74 Å². The molecule has 2 heterocycles. The predicted molar refractivity (Wildman–Crippen MR) is 83.7 cm³/mol. The van der Waals surface area contributed by atoms with Crippen molar-refractivity contribution in [2.75, 3.05) is 11.5 Å². The normalized spacial score (nSPS) is 29.5. The number of phenolic OH excluding ortho intramolecular Hbond substituents is 2. The molecule has 4 nitrogen and oxygen atoms in total. The summed E-state index contributed by atoms with van der Waals surface area (Å²) >= 11 is 0. The third-order valence-electron chi connectivity index (χ3n) is 4.52. The second-order valence-electron chi connectivity index (χ2n) is 5.90. The van der Waals surface area contributed by atoms with Crippen LogP contribution in [0.25, 0.3) is 0 Å². The molecule has 1 fully saturated rings. The lowest BCUT2D eigenvalue weighted by Gasteiger charge is -2.35. The van der Waals surface area contributed by atoms with Crippen molar-refractivity contribution in [2.24, 2.45) is 5.92 Å². The number of fused-ring (bicyclic) bond motifs is 3. The minimum Gasteiger partial charge on any atom is -0.508 e. The van der Waals surface area contributed by atoms with E-state index < -0.39 is 10.8 Å². The van der Waals surface area contributed by atoms with Crippen molar-refractivity contribution in [1.82, 2.24) is 0 Å². The minimum atomic E-state index is -0.867. The maximum Gasteiger partial charge on any atom is 0.128 e. The van der Waals surface area contributed by atoms with Gasteiger partial charge in [-0.05, 0) is 35.9 Å². The first kappa shape index (κ1) is 13.6. The summed E-state index contributed by atoms with van der Waals surface area (Å²) in [6.45, 7) is 0. The van der Waals surface area contributed by atoms with E-state index in [1.165, 1.54) is 0 Å². The Balaban J connectivity index is 1.79. The molecular formula is C17H16O4S. The van der Waals surface area contributed by atoms with Gasteiger partial charge in [0.15, 0.2) is 0 Å². The van der Waals surface area contributed by atoms with E-state index in [2.05, 4.69) is 0 Å². The lowest BCUT2D eigenvalue weighted by atomic mass is 9.80. The van der Waals surface area contributed by atoms with Gasteiger partial charge in [0, 0.05) is 39.7 Å². The predicted octanol–water partition coefficient (Wildman–Crippen LogP) is 2.69. The van der Waals surface area contributed by atoms with Gasteiger partial charge in [-0.15, -0.1) is 0 Å². The molecule has 1 saturated heterocycles. The van der Waals surface area contributed by atoms with Crippen molar-refractivity contribution in [3.05, 3.63) is 53.6 Å². The van der Waals surface area contributed by atoms with Gasteiger partial charge in [0.1, 0.15) is 23.4 Å². The van der Waals surface area contributed by atoms with Crippen LogP contribution in [0.1, 0.15) is 23.1 Å². The van der Waals surface area contributed by atoms with E-state index in [1.807, 2.05) is 12.1 Å². The summed E-state index contributed by atoms with van der Waals surface area (Å²) in [6, 6.07) is 12.1. The van der Waals surface area contributed by atoms with Gasteiger partial charge in [0.05, 0.1) is 0 Å². The summed E-state index contributed by atoms with van der Waals surface area (Å²) in [7, 11) is -0.867. The first-order valence-electron chi connectivity index (χ1n) is 7.25. The molecule has 0 aromatic heterocycles. The van der Waals surface area contributed by atoms with Crippen LogP contribution in [0.5, 0.6) is 17.2 Å². The Morgan fingerprint density at radius 1 is 1.00 bits per heavy atom. The number of rotatable bonds is 1. The Labute approximate surface area is 130 Å². The molecule has 2 N–H and O–H groups in total. The minimum absolute atomic E-state index is 0.125. The smallest absolute Gasteiger partial charge is 0.128 e. The van der Waals surface area contributed by atoms with Crippen LogP contribution in [-0.2, 0) is 10.8 Å². The third-order valence-corrected chi connectivity index (χ3v) is 6.01. The molecule has 0 spiro atoms.